The molecule has 11 nitrogen and oxygen atoms in total. The van der Waals surface area contributed by atoms with Crippen LogP contribution in [0.15, 0.2) is 83.8 Å². The lowest BCUT2D eigenvalue weighted by Crippen LogP contribution is -2.51. The molecule has 2 fully saturated rings. The van der Waals surface area contributed by atoms with E-state index in [0.717, 1.165) is 24.0 Å². The molecule has 3 aromatic carbocycles. The Labute approximate surface area is 283 Å². The summed E-state index contributed by atoms with van der Waals surface area (Å²) in [5.74, 6) is 1.18. The van der Waals surface area contributed by atoms with E-state index in [1.807, 2.05) is 68.4 Å². The van der Waals surface area contributed by atoms with Crippen molar-refractivity contribution in [2.45, 2.75) is 69.2 Å². The minimum absolute atomic E-state index is 0.0222. The maximum Gasteiger partial charge on any atom is 0.407 e. The van der Waals surface area contributed by atoms with E-state index in [4.69, 9.17) is 23.7 Å². The van der Waals surface area contributed by atoms with E-state index >= 15 is 0 Å². The van der Waals surface area contributed by atoms with Crippen molar-refractivity contribution in [3.8, 4) is 11.5 Å². The third kappa shape index (κ3) is 9.26. The number of rotatable bonds is 16. The second-order valence-electron chi connectivity index (χ2n) is 12.4. The first kappa shape index (κ1) is 35.6. The fourth-order valence-corrected chi connectivity index (χ4v) is 7.43. The Morgan fingerprint density at radius 1 is 0.979 bits per heavy atom. The van der Waals surface area contributed by atoms with Crippen LogP contribution in [0.3, 0.4) is 0 Å². The number of methoxy groups -OCH3 is 1. The maximum atomic E-state index is 13.9. The molecule has 2 N–H and O–H groups in total. The Morgan fingerprint density at radius 3 is 2.38 bits per heavy atom. The number of fused-ring (bicyclic) bond motifs is 1. The van der Waals surface area contributed by atoms with Crippen molar-refractivity contribution in [1.82, 2.24) is 9.62 Å². The molecule has 2 heterocycles. The SMILES string of the molecule is CC[C@H](C)CN(C[C@@H](O)[C@H](Cc1ccc(OCc2ccccc2)cc1)NC(=O)O[C@H]1CO[C@H]2OCC[C@H]21)S(=O)(=O)c1ccc(OC)cc1. The first-order chi connectivity index (χ1) is 23.2. The van der Waals surface area contributed by atoms with Crippen molar-refractivity contribution in [3.05, 3.63) is 90.0 Å². The summed E-state index contributed by atoms with van der Waals surface area (Å²) >= 11 is 0. The Kier molecular flexibility index (Phi) is 12.3. The number of nitrogens with zero attached hydrogens (tertiary/aromatic N) is 1. The van der Waals surface area contributed by atoms with Crippen LogP contribution in [-0.4, -0.2) is 81.9 Å². The molecule has 0 aromatic heterocycles. The molecule has 2 aliphatic rings. The number of amides is 1. The van der Waals surface area contributed by atoms with E-state index in [2.05, 4.69) is 5.32 Å². The van der Waals surface area contributed by atoms with Gasteiger partial charge in [0, 0.05) is 13.1 Å². The van der Waals surface area contributed by atoms with Gasteiger partial charge in [-0.25, -0.2) is 13.2 Å². The van der Waals surface area contributed by atoms with Crippen LogP contribution < -0.4 is 14.8 Å². The molecular formula is C36H46N2O9S. The monoisotopic (exact) mass is 682 g/mol. The highest BCUT2D eigenvalue weighted by Gasteiger charge is 2.44. The molecule has 0 unspecified atom stereocenters. The van der Waals surface area contributed by atoms with E-state index < -0.39 is 34.4 Å². The lowest BCUT2D eigenvalue weighted by Gasteiger charge is -2.31. The molecule has 48 heavy (non-hydrogen) atoms. The standard InChI is InChI=1S/C36H46N2O9S/c1-4-25(2)21-38(48(41,42)30-16-14-28(43-3)15-17-30)22-33(39)32(37-36(40)47-34-24-46-35-31(34)18-19-44-35)20-26-10-12-29(13-11-26)45-23-27-8-6-5-7-9-27/h5-17,25,31-35,39H,4,18-24H2,1-3H3,(H,37,40)/t25-,31-,32-,33+,34-,35+/m0/s1. The summed E-state index contributed by atoms with van der Waals surface area (Å²) in [4.78, 5) is 13.3. The summed E-state index contributed by atoms with van der Waals surface area (Å²) in [6, 6.07) is 22.5. The van der Waals surface area contributed by atoms with Crippen molar-refractivity contribution in [2.24, 2.45) is 11.8 Å². The van der Waals surface area contributed by atoms with Crippen LogP contribution in [0.1, 0.15) is 37.8 Å². The molecular weight excluding hydrogens is 636 g/mol. The Balaban J connectivity index is 1.33. The first-order valence-corrected chi connectivity index (χ1v) is 17.9. The van der Waals surface area contributed by atoms with Crippen LogP contribution in [0.4, 0.5) is 4.79 Å². The summed E-state index contributed by atoms with van der Waals surface area (Å²) in [6.07, 6.45) is -1.17. The number of hydrogen-bond acceptors (Lipinski definition) is 9. The van der Waals surface area contributed by atoms with Gasteiger partial charge < -0.3 is 34.1 Å². The average molecular weight is 683 g/mol. The molecule has 0 radical (unpaired) electrons. The predicted octanol–water partition coefficient (Wildman–Crippen LogP) is 4.77. The molecule has 0 saturated carbocycles. The van der Waals surface area contributed by atoms with Crippen LogP contribution >= 0.6 is 0 Å². The highest BCUT2D eigenvalue weighted by Crippen LogP contribution is 2.33. The van der Waals surface area contributed by atoms with Gasteiger partial charge in [0.1, 0.15) is 24.2 Å². The molecule has 12 heteroatoms. The molecule has 260 valence electrons. The number of sulfonamides is 1. The summed E-state index contributed by atoms with van der Waals surface area (Å²) in [5, 5.41) is 14.5. The zero-order chi connectivity index (χ0) is 34.1. The Hall–Kier alpha value is -3.68. The number of alkyl carbamates (subject to hydrolysis) is 1. The van der Waals surface area contributed by atoms with Crippen LogP contribution in [0, 0.1) is 11.8 Å². The molecule has 2 aliphatic heterocycles. The van der Waals surface area contributed by atoms with Crippen LogP contribution in [0.2, 0.25) is 0 Å². The Bertz CT molecular complexity index is 1550. The smallest absolute Gasteiger partial charge is 0.407 e. The third-order valence-electron chi connectivity index (χ3n) is 8.94. The normalized spacial score (nSPS) is 20.9. The number of carbonyl (C=O) groups excluding carboxylic acids is 1. The zero-order valence-corrected chi connectivity index (χ0v) is 28.5. The number of aliphatic hydroxyl groups excluding tert-OH is 1. The van der Waals surface area contributed by atoms with E-state index in [0.29, 0.717) is 24.7 Å². The summed E-state index contributed by atoms with van der Waals surface area (Å²) in [7, 11) is -2.49. The summed E-state index contributed by atoms with van der Waals surface area (Å²) < 4.78 is 57.1. The summed E-state index contributed by atoms with van der Waals surface area (Å²) in [6.45, 7) is 5.07. The lowest BCUT2D eigenvalue weighted by molar-refractivity contribution is -0.0907. The highest BCUT2D eigenvalue weighted by atomic mass is 32.2. The first-order valence-electron chi connectivity index (χ1n) is 16.4. The van der Waals surface area contributed by atoms with Gasteiger partial charge in [-0.1, -0.05) is 62.7 Å². The molecule has 2 saturated heterocycles. The van der Waals surface area contributed by atoms with Crippen molar-refractivity contribution in [1.29, 1.82) is 0 Å². The van der Waals surface area contributed by atoms with Gasteiger partial charge in [-0.05, 0) is 66.3 Å². The van der Waals surface area contributed by atoms with Crippen molar-refractivity contribution >= 4 is 16.1 Å². The van der Waals surface area contributed by atoms with Gasteiger partial charge in [0.25, 0.3) is 0 Å². The number of carbonyl (C=O) groups is 1. The highest BCUT2D eigenvalue weighted by molar-refractivity contribution is 7.89. The molecule has 1 amide bonds. The van der Waals surface area contributed by atoms with Gasteiger partial charge in [-0.15, -0.1) is 0 Å². The topological polar surface area (TPSA) is 133 Å². The van der Waals surface area contributed by atoms with Gasteiger partial charge >= 0.3 is 6.09 Å². The predicted molar refractivity (Wildman–Crippen MR) is 179 cm³/mol. The van der Waals surface area contributed by atoms with Gasteiger partial charge in [0.2, 0.25) is 10.0 Å². The number of hydrogen-bond donors (Lipinski definition) is 2. The second-order valence-corrected chi connectivity index (χ2v) is 14.4. The second kappa shape index (κ2) is 16.6. The number of benzene rings is 3. The molecule has 6 atom stereocenters. The van der Waals surface area contributed by atoms with E-state index in [1.165, 1.54) is 23.5 Å². The fourth-order valence-electron chi connectivity index (χ4n) is 5.85. The van der Waals surface area contributed by atoms with Crippen LogP contribution in [0.25, 0.3) is 0 Å². The minimum atomic E-state index is -4.00. The number of aliphatic hydroxyl groups is 1. The van der Waals surface area contributed by atoms with Crippen molar-refractivity contribution in [3.63, 3.8) is 0 Å². The van der Waals surface area contributed by atoms with Crippen LogP contribution in [0.5, 0.6) is 11.5 Å². The van der Waals surface area contributed by atoms with Gasteiger partial charge in [-0.3, -0.25) is 0 Å². The largest absolute Gasteiger partial charge is 0.497 e. The van der Waals surface area contributed by atoms with E-state index in [9.17, 15) is 18.3 Å². The number of ether oxygens (including phenoxy) is 5. The van der Waals surface area contributed by atoms with E-state index in [1.54, 1.807) is 12.1 Å². The van der Waals surface area contributed by atoms with Crippen molar-refractivity contribution < 1.29 is 42.0 Å². The van der Waals surface area contributed by atoms with Crippen molar-refractivity contribution in [2.75, 3.05) is 33.4 Å². The van der Waals surface area contributed by atoms with Gasteiger partial charge in [-0.2, -0.15) is 4.31 Å². The zero-order valence-electron chi connectivity index (χ0n) is 27.7. The molecule has 0 spiro atoms. The maximum absolute atomic E-state index is 13.9. The molecule has 3 aromatic rings. The average Bonchev–Trinajstić information content (AvgIpc) is 3.73. The van der Waals surface area contributed by atoms with E-state index in [-0.39, 0.29) is 49.1 Å². The van der Waals surface area contributed by atoms with Gasteiger partial charge in [0.15, 0.2) is 6.29 Å². The van der Waals surface area contributed by atoms with Crippen LogP contribution in [-0.2, 0) is 37.3 Å². The number of nitrogens with one attached hydrogen (secondary N) is 1. The Morgan fingerprint density at radius 2 is 1.69 bits per heavy atom. The van der Waals surface area contributed by atoms with Gasteiger partial charge in [0.05, 0.1) is 43.3 Å². The minimum Gasteiger partial charge on any atom is -0.497 e. The third-order valence-corrected chi connectivity index (χ3v) is 10.8. The summed E-state index contributed by atoms with van der Waals surface area (Å²) in [5.41, 5.74) is 1.86. The fraction of sp³-hybridized carbons (Fsp3) is 0.472. The lowest BCUT2D eigenvalue weighted by atomic mass is 10.0. The quantitative estimate of drug-likeness (QED) is 0.219. The molecule has 0 aliphatic carbocycles. The molecule has 0 bridgehead atoms. The molecule has 5 rings (SSSR count).